The van der Waals surface area contributed by atoms with Gasteiger partial charge in [-0.05, 0) is 91.5 Å². The van der Waals surface area contributed by atoms with Crippen LogP contribution >= 0.6 is 66.8 Å². The van der Waals surface area contributed by atoms with Gasteiger partial charge in [-0.15, -0.1) is 0 Å². The van der Waals surface area contributed by atoms with E-state index in [2.05, 4.69) is 31.9 Å². The van der Waals surface area contributed by atoms with Crippen molar-refractivity contribution in [2.75, 3.05) is 6.61 Å². The van der Waals surface area contributed by atoms with E-state index in [1.165, 1.54) is 0 Å². The molecule has 0 spiro atoms. The van der Waals surface area contributed by atoms with Crippen LogP contribution < -0.4 is 9.47 Å². The molecule has 0 saturated carbocycles. The van der Waals surface area contributed by atoms with Crippen LogP contribution in [-0.4, -0.2) is 22.7 Å². The van der Waals surface area contributed by atoms with E-state index in [0.717, 1.165) is 22.2 Å². The molecule has 4 rings (SSSR count). The summed E-state index contributed by atoms with van der Waals surface area (Å²) in [5.74, 6) is 0.651. The van der Waals surface area contributed by atoms with Crippen molar-refractivity contribution in [3.8, 4) is 11.5 Å². The number of thioether (sulfide) groups is 1. The van der Waals surface area contributed by atoms with Crippen molar-refractivity contribution in [1.82, 2.24) is 4.90 Å². The number of carbonyl (C=O) groups is 2. The van der Waals surface area contributed by atoms with E-state index in [1.807, 2.05) is 37.3 Å². The topological polar surface area (TPSA) is 55.8 Å². The van der Waals surface area contributed by atoms with Gasteiger partial charge in [0.25, 0.3) is 11.1 Å². The molecule has 1 heterocycles. The molecule has 3 aromatic carbocycles. The van der Waals surface area contributed by atoms with Crippen LogP contribution in [0, 0.1) is 0 Å². The van der Waals surface area contributed by atoms with Crippen LogP contribution in [0.5, 0.6) is 11.5 Å². The van der Waals surface area contributed by atoms with Crippen LogP contribution in [0.2, 0.25) is 10.0 Å². The van der Waals surface area contributed by atoms with Gasteiger partial charge in [-0.3, -0.25) is 14.5 Å². The van der Waals surface area contributed by atoms with Crippen molar-refractivity contribution in [2.45, 2.75) is 20.1 Å². The number of carbonyl (C=O) groups excluding carboxylic acids is 2. The van der Waals surface area contributed by atoms with Crippen LogP contribution in [0.15, 0.2) is 68.4 Å². The molecular weight excluding hydrogens is 653 g/mol. The number of halogens is 4. The summed E-state index contributed by atoms with van der Waals surface area (Å²) < 4.78 is 13.2. The summed E-state index contributed by atoms with van der Waals surface area (Å²) in [7, 11) is 0. The highest BCUT2D eigenvalue weighted by Gasteiger charge is 2.35. The lowest BCUT2D eigenvalue weighted by Gasteiger charge is -2.17. The quantitative estimate of drug-likeness (QED) is 0.224. The molecule has 0 radical (unpaired) electrons. The fourth-order valence-corrected chi connectivity index (χ4v) is 5.68. The van der Waals surface area contributed by atoms with Crippen LogP contribution in [0.25, 0.3) is 6.08 Å². The second-order valence-electron chi connectivity index (χ2n) is 7.63. The van der Waals surface area contributed by atoms with E-state index in [0.29, 0.717) is 54.8 Å². The minimum Gasteiger partial charge on any atom is -0.490 e. The second kappa shape index (κ2) is 12.0. The van der Waals surface area contributed by atoms with Crippen molar-refractivity contribution in [2.24, 2.45) is 0 Å². The van der Waals surface area contributed by atoms with Gasteiger partial charge in [0, 0.05) is 14.5 Å². The number of benzene rings is 3. The first-order valence-corrected chi connectivity index (χ1v) is 13.9. The van der Waals surface area contributed by atoms with Gasteiger partial charge < -0.3 is 9.47 Å². The van der Waals surface area contributed by atoms with E-state index in [9.17, 15) is 9.59 Å². The number of ether oxygens (including phenoxy) is 2. The van der Waals surface area contributed by atoms with Gasteiger partial charge in [0.15, 0.2) is 11.5 Å². The summed E-state index contributed by atoms with van der Waals surface area (Å²) in [6.07, 6.45) is 1.66. The molecule has 3 aromatic rings. The molecule has 0 bridgehead atoms. The average molecular weight is 672 g/mol. The molecule has 0 unspecified atom stereocenters. The first-order chi connectivity index (χ1) is 17.3. The standard InChI is InChI=1S/C26H19Br2Cl2NO4S/c1-2-34-20-10-17(22(27)23(28)24(20)35-14-15-6-4-3-5-7-15)11-21-25(32)31(26(33)36-21)13-16-8-9-18(29)12-19(16)30/h3-12H,2,13-14H2,1H3/b21-11-. The Labute approximate surface area is 240 Å². The summed E-state index contributed by atoms with van der Waals surface area (Å²) >= 11 is 20.3. The van der Waals surface area contributed by atoms with E-state index < -0.39 is 5.91 Å². The molecule has 2 amide bonds. The first kappa shape index (κ1) is 27.1. The number of amides is 2. The van der Waals surface area contributed by atoms with Gasteiger partial charge in [-0.25, -0.2) is 0 Å². The fourth-order valence-electron chi connectivity index (χ4n) is 3.43. The zero-order valence-electron chi connectivity index (χ0n) is 18.9. The maximum absolute atomic E-state index is 13.1. The molecule has 36 heavy (non-hydrogen) atoms. The lowest BCUT2D eigenvalue weighted by atomic mass is 10.1. The van der Waals surface area contributed by atoms with Crippen LogP contribution in [-0.2, 0) is 17.9 Å². The summed E-state index contributed by atoms with van der Waals surface area (Å²) in [6, 6.07) is 16.5. The lowest BCUT2D eigenvalue weighted by Crippen LogP contribution is -2.27. The molecule has 0 aliphatic carbocycles. The largest absolute Gasteiger partial charge is 0.490 e. The molecule has 5 nitrogen and oxygen atoms in total. The minimum atomic E-state index is -0.401. The minimum absolute atomic E-state index is 0.0549. The summed E-state index contributed by atoms with van der Waals surface area (Å²) in [5, 5.41) is 0.500. The maximum Gasteiger partial charge on any atom is 0.293 e. The number of hydrogen-bond acceptors (Lipinski definition) is 5. The van der Waals surface area contributed by atoms with Crippen LogP contribution in [0.4, 0.5) is 4.79 Å². The molecule has 1 saturated heterocycles. The summed E-state index contributed by atoms with van der Waals surface area (Å²) in [4.78, 5) is 27.2. The van der Waals surface area contributed by atoms with Crippen LogP contribution in [0.1, 0.15) is 23.6 Å². The number of rotatable bonds is 8. The molecule has 1 aliphatic heterocycles. The highest BCUT2D eigenvalue weighted by atomic mass is 79.9. The van der Waals surface area contributed by atoms with E-state index in [4.69, 9.17) is 32.7 Å². The van der Waals surface area contributed by atoms with Crippen molar-refractivity contribution in [3.05, 3.63) is 95.2 Å². The van der Waals surface area contributed by atoms with Gasteiger partial charge in [0.2, 0.25) is 0 Å². The number of nitrogens with zero attached hydrogens (tertiary/aromatic N) is 1. The highest BCUT2D eigenvalue weighted by Crippen LogP contribution is 2.45. The Morgan fingerprint density at radius 2 is 1.75 bits per heavy atom. The molecular formula is C26H19Br2Cl2NO4S. The van der Waals surface area contributed by atoms with Crippen molar-refractivity contribution >= 4 is 84.0 Å². The number of hydrogen-bond donors (Lipinski definition) is 0. The van der Waals surface area contributed by atoms with Gasteiger partial charge in [0.05, 0.1) is 22.5 Å². The van der Waals surface area contributed by atoms with Crippen molar-refractivity contribution < 1.29 is 19.1 Å². The molecule has 10 heteroatoms. The third kappa shape index (κ3) is 6.11. The Morgan fingerprint density at radius 3 is 2.44 bits per heavy atom. The smallest absolute Gasteiger partial charge is 0.293 e. The molecule has 0 atom stereocenters. The van der Waals surface area contributed by atoms with Gasteiger partial charge >= 0.3 is 0 Å². The Balaban J connectivity index is 1.61. The SMILES string of the molecule is CCOc1cc(/C=C2\SC(=O)N(Cc3ccc(Cl)cc3Cl)C2=O)c(Br)c(Br)c1OCc1ccccc1. The van der Waals surface area contributed by atoms with Gasteiger partial charge in [0.1, 0.15) is 6.61 Å². The van der Waals surface area contributed by atoms with E-state index >= 15 is 0 Å². The Bertz CT molecular complexity index is 1350. The third-order valence-corrected chi connectivity index (χ3v) is 8.82. The Hall–Kier alpha value is -1.97. The molecule has 186 valence electrons. The van der Waals surface area contributed by atoms with Crippen LogP contribution in [0.3, 0.4) is 0 Å². The zero-order valence-corrected chi connectivity index (χ0v) is 24.4. The maximum atomic E-state index is 13.1. The summed E-state index contributed by atoms with van der Waals surface area (Å²) in [5.41, 5.74) is 2.31. The molecule has 1 aliphatic rings. The second-order valence-corrected chi connectivity index (χ2v) is 11.1. The number of imide groups is 1. The average Bonchev–Trinajstić information content (AvgIpc) is 3.11. The normalized spacial score (nSPS) is 14.6. The predicted octanol–water partition coefficient (Wildman–Crippen LogP) is 8.73. The van der Waals surface area contributed by atoms with E-state index in [-0.39, 0.29) is 16.7 Å². The molecule has 1 fully saturated rings. The van der Waals surface area contributed by atoms with E-state index in [1.54, 1.807) is 30.3 Å². The highest BCUT2D eigenvalue weighted by molar-refractivity contribution is 9.13. The Morgan fingerprint density at radius 1 is 1.00 bits per heavy atom. The molecule has 0 N–H and O–H groups in total. The first-order valence-electron chi connectivity index (χ1n) is 10.8. The lowest BCUT2D eigenvalue weighted by molar-refractivity contribution is -0.123. The van der Waals surface area contributed by atoms with Crippen molar-refractivity contribution in [3.63, 3.8) is 0 Å². The van der Waals surface area contributed by atoms with Gasteiger partial charge in [-0.1, -0.05) is 59.6 Å². The third-order valence-electron chi connectivity index (χ3n) is 5.19. The fraction of sp³-hybridized carbons (Fsp3) is 0.154. The zero-order chi connectivity index (χ0) is 25.8. The monoisotopic (exact) mass is 669 g/mol. The van der Waals surface area contributed by atoms with Gasteiger partial charge in [-0.2, -0.15) is 0 Å². The Kier molecular flexibility index (Phi) is 9.06. The molecule has 0 aromatic heterocycles. The van der Waals surface area contributed by atoms with Crippen molar-refractivity contribution in [1.29, 1.82) is 0 Å². The summed E-state index contributed by atoms with van der Waals surface area (Å²) in [6.45, 7) is 2.72. The predicted molar refractivity (Wildman–Crippen MR) is 152 cm³/mol.